The molecule has 0 unspecified atom stereocenters. The largest absolute Gasteiger partial charge is 0.484 e. The van der Waals surface area contributed by atoms with E-state index in [0.717, 1.165) is 31.0 Å². The maximum absolute atomic E-state index is 13.9. The number of rotatable bonds is 8. The quantitative estimate of drug-likeness (QED) is 0.402. The van der Waals surface area contributed by atoms with Crippen molar-refractivity contribution in [1.29, 1.82) is 0 Å². The number of benzene rings is 3. The number of anilines is 1. The number of nitrogens with two attached hydrogens (primary N) is 1. The van der Waals surface area contributed by atoms with Gasteiger partial charge < -0.3 is 20.7 Å². The van der Waals surface area contributed by atoms with Crippen molar-refractivity contribution in [3.8, 4) is 5.75 Å². The van der Waals surface area contributed by atoms with Crippen molar-refractivity contribution >= 4 is 29.1 Å². The zero-order chi connectivity index (χ0) is 26.4. The minimum Gasteiger partial charge on any atom is -0.484 e. The van der Waals surface area contributed by atoms with E-state index in [0.29, 0.717) is 34.9 Å². The van der Waals surface area contributed by atoms with Crippen LogP contribution in [0.4, 0.5) is 14.5 Å². The maximum Gasteiger partial charge on any atom is 0.262 e. The number of hydrogen-bond acceptors (Lipinski definition) is 4. The van der Waals surface area contributed by atoms with E-state index in [1.807, 2.05) is 18.2 Å². The Hall–Kier alpha value is -3.49. The Kier molecular flexibility index (Phi) is 8.74. The lowest BCUT2D eigenvalue weighted by Gasteiger charge is -2.36. The Bertz CT molecular complexity index is 1230. The number of nitrogens with one attached hydrogen (secondary N) is 1. The Morgan fingerprint density at radius 2 is 1.65 bits per heavy atom. The lowest BCUT2D eigenvalue weighted by molar-refractivity contribution is -0.118. The van der Waals surface area contributed by atoms with E-state index in [9.17, 15) is 18.4 Å². The highest BCUT2D eigenvalue weighted by atomic mass is 35.5. The first-order valence-electron chi connectivity index (χ1n) is 12.1. The van der Waals surface area contributed by atoms with Gasteiger partial charge in [0.15, 0.2) is 6.61 Å². The summed E-state index contributed by atoms with van der Waals surface area (Å²) in [5.41, 5.74) is 7.05. The van der Waals surface area contributed by atoms with Crippen molar-refractivity contribution < 1.29 is 23.1 Å². The van der Waals surface area contributed by atoms with Crippen molar-refractivity contribution in [3.63, 3.8) is 0 Å². The third-order valence-electron chi connectivity index (χ3n) is 6.34. The molecule has 0 aromatic heterocycles. The fourth-order valence-corrected chi connectivity index (χ4v) is 4.62. The molecule has 6 nitrogen and oxygen atoms in total. The van der Waals surface area contributed by atoms with Crippen LogP contribution in [-0.2, 0) is 11.3 Å². The maximum atomic E-state index is 13.9. The third-order valence-corrected chi connectivity index (χ3v) is 6.70. The highest BCUT2D eigenvalue weighted by molar-refractivity contribution is 6.31. The Balaban J connectivity index is 1.52. The number of para-hydroxylation sites is 1. The van der Waals surface area contributed by atoms with Crippen molar-refractivity contribution in [2.24, 2.45) is 5.73 Å². The first-order chi connectivity index (χ1) is 17.8. The summed E-state index contributed by atoms with van der Waals surface area (Å²) in [4.78, 5) is 27.5. The monoisotopic (exact) mass is 527 g/mol. The highest BCUT2D eigenvalue weighted by Gasteiger charge is 2.29. The van der Waals surface area contributed by atoms with Crippen LogP contribution in [0, 0.1) is 11.6 Å². The molecule has 194 valence electrons. The standard InChI is InChI=1S/C28H28ClF2N3O3/c29-26-11-8-23(33-27(35)17-37-25-4-2-1-3-5-25)14-19(26)16-34(24-9-6-22(32)7-10-24)28(36)18-12-20(30)15-21(31)13-18/h1-5,8,11-15,22,24H,6-7,9-10,16-17,32H2,(H,33,35). The summed E-state index contributed by atoms with van der Waals surface area (Å²) in [6.07, 6.45) is 2.79. The molecule has 0 spiro atoms. The third kappa shape index (κ3) is 7.27. The summed E-state index contributed by atoms with van der Waals surface area (Å²) in [7, 11) is 0. The topological polar surface area (TPSA) is 84.7 Å². The van der Waals surface area contributed by atoms with E-state index in [2.05, 4.69) is 5.32 Å². The molecular formula is C28H28ClF2N3O3. The van der Waals surface area contributed by atoms with Gasteiger partial charge in [-0.1, -0.05) is 29.8 Å². The molecule has 0 atom stereocenters. The molecule has 3 aromatic rings. The van der Waals surface area contributed by atoms with E-state index in [1.165, 1.54) is 0 Å². The predicted molar refractivity (Wildman–Crippen MR) is 138 cm³/mol. The number of nitrogens with zero attached hydrogens (tertiary/aromatic N) is 1. The van der Waals surface area contributed by atoms with E-state index >= 15 is 0 Å². The van der Waals surface area contributed by atoms with Gasteiger partial charge >= 0.3 is 0 Å². The van der Waals surface area contributed by atoms with E-state index in [1.54, 1.807) is 35.2 Å². The van der Waals surface area contributed by atoms with Gasteiger partial charge in [-0.05, 0) is 73.7 Å². The van der Waals surface area contributed by atoms with Gasteiger partial charge in [-0.2, -0.15) is 0 Å². The van der Waals surface area contributed by atoms with Gasteiger partial charge in [-0.15, -0.1) is 0 Å². The molecule has 1 saturated carbocycles. The van der Waals surface area contributed by atoms with E-state index < -0.39 is 17.5 Å². The Labute approximate surface area is 219 Å². The molecule has 0 bridgehead atoms. The lowest BCUT2D eigenvalue weighted by Crippen LogP contribution is -2.44. The normalized spacial score (nSPS) is 17.2. The van der Waals surface area contributed by atoms with Crippen LogP contribution in [0.1, 0.15) is 41.6 Å². The second-order valence-corrected chi connectivity index (χ2v) is 9.52. The van der Waals surface area contributed by atoms with Gasteiger partial charge in [0.1, 0.15) is 17.4 Å². The lowest BCUT2D eigenvalue weighted by atomic mass is 9.90. The Morgan fingerprint density at radius 1 is 0.973 bits per heavy atom. The van der Waals surface area contributed by atoms with E-state index in [4.69, 9.17) is 22.1 Å². The Morgan fingerprint density at radius 3 is 2.32 bits per heavy atom. The average molecular weight is 528 g/mol. The molecule has 3 aromatic carbocycles. The number of carbonyl (C=O) groups excluding carboxylic acids is 2. The van der Waals surface area contributed by atoms with Crippen LogP contribution in [-0.4, -0.2) is 35.4 Å². The molecule has 0 radical (unpaired) electrons. The number of ether oxygens (including phenoxy) is 1. The average Bonchev–Trinajstić information content (AvgIpc) is 2.88. The van der Waals surface area contributed by atoms with Crippen molar-refractivity contribution in [3.05, 3.63) is 94.5 Å². The zero-order valence-electron chi connectivity index (χ0n) is 20.1. The number of halogens is 3. The van der Waals surface area contributed by atoms with Crippen molar-refractivity contribution in [2.45, 2.75) is 44.3 Å². The molecule has 0 saturated heterocycles. The summed E-state index contributed by atoms with van der Waals surface area (Å²) < 4.78 is 33.2. The summed E-state index contributed by atoms with van der Waals surface area (Å²) in [6.45, 7) is -0.0834. The molecule has 3 N–H and O–H groups in total. The summed E-state index contributed by atoms with van der Waals surface area (Å²) in [6, 6.07) is 16.6. The predicted octanol–water partition coefficient (Wildman–Crippen LogP) is 5.55. The molecule has 4 rings (SSSR count). The summed E-state index contributed by atoms with van der Waals surface area (Å²) in [5.74, 6) is -1.93. The van der Waals surface area contributed by atoms with Crippen LogP contribution in [0.2, 0.25) is 5.02 Å². The molecule has 0 aliphatic heterocycles. The van der Waals surface area contributed by atoms with Crippen LogP contribution in [0.5, 0.6) is 5.75 Å². The smallest absolute Gasteiger partial charge is 0.262 e. The number of hydrogen-bond donors (Lipinski definition) is 2. The second-order valence-electron chi connectivity index (χ2n) is 9.12. The van der Waals surface area contributed by atoms with Crippen LogP contribution in [0.25, 0.3) is 0 Å². The van der Waals surface area contributed by atoms with Gasteiger partial charge in [0.25, 0.3) is 11.8 Å². The van der Waals surface area contributed by atoms with Crippen LogP contribution < -0.4 is 15.8 Å². The minimum atomic E-state index is -0.825. The first-order valence-corrected chi connectivity index (χ1v) is 12.4. The van der Waals surface area contributed by atoms with Crippen molar-refractivity contribution in [2.75, 3.05) is 11.9 Å². The van der Waals surface area contributed by atoms with Gasteiger partial charge in [0, 0.05) is 41.0 Å². The van der Waals surface area contributed by atoms with Crippen molar-refractivity contribution in [1.82, 2.24) is 4.90 Å². The molecule has 0 heterocycles. The van der Waals surface area contributed by atoms with Gasteiger partial charge in [0.2, 0.25) is 0 Å². The number of amides is 2. The molecule has 1 fully saturated rings. The molecule has 37 heavy (non-hydrogen) atoms. The van der Waals surface area contributed by atoms with Crippen LogP contribution in [0.3, 0.4) is 0 Å². The molecule has 9 heteroatoms. The van der Waals surface area contributed by atoms with Crippen LogP contribution in [0.15, 0.2) is 66.7 Å². The molecule has 1 aliphatic rings. The van der Waals surface area contributed by atoms with Gasteiger partial charge in [0.05, 0.1) is 0 Å². The summed E-state index contributed by atoms with van der Waals surface area (Å²) >= 11 is 6.47. The second kappa shape index (κ2) is 12.2. The SMILES string of the molecule is NC1CCC(N(Cc2cc(NC(=O)COc3ccccc3)ccc2Cl)C(=O)c2cc(F)cc(F)c2)CC1. The summed E-state index contributed by atoms with van der Waals surface area (Å²) in [5, 5.41) is 3.17. The highest BCUT2D eigenvalue weighted by Crippen LogP contribution is 2.29. The molecular weight excluding hydrogens is 500 g/mol. The fraction of sp³-hybridized carbons (Fsp3) is 0.286. The number of carbonyl (C=O) groups is 2. The van der Waals surface area contributed by atoms with Crippen LogP contribution >= 0.6 is 11.6 Å². The van der Waals surface area contributed by atoms with Gasteiger partial charge in [-0.3, -0.25) is 9.59 Å². The molecule has 2 amide bonds. The van der Waals surface area contributed by atoms with E-state index in [-0.39, 0.29) is 36.7 Å². The fourth-order valence-electron chi connectivity index (χ4n) is 4.44. The zero-order valence-corrected chi connectivity index (χ0v) is 20.9. The first kappa shape index (κ1) is 26.6. The van der Waals surface area contributed by atoms with Gasteiger partial charge in [-0.25, -0.2) is 8.78 Å². The molecule has 1 aliphatic carbocycles. The minimum absolute atomic E-state index is 0.0556.